The number of hydrogen-bond acceptors (Lipinski definition) is 2. The van der Waals surface area contributed by atoms with Crippen molar-refractivity contribution in [2.75, 3.05) is 6.61 Å². The van der Waals surface area contributed by atoms with Crippen LogP contribution in [0, 0.1) is 5.92 Å². The van der Waals surface area contributed by atoms with Gasteiger partial charge in [-0.1, -0.05) is 27.7 Å². The van der Waals surface area contributed by atoms with Crippen LogP contribution in [0.3, 0.4) is 0 Å². The lowest BCUT2D eigenvalue weighted by molar-refractivity contribution is 0.355. The van der Waals surface area contributed by atoms with E-state index in [9.17, 15) is 0 Å². The van der Waals surface area contributed by atoms with Crippen LogP contribution in [0.4, 0.5) is 0 Å². The Bertz CT molecular complexity index is 369. The first-order valence-electron chi connectivity index (χ1n) is 5.64. The summed E-state index contributed by atoms with van der Waals surface area (Å²) in [5.41, 5.74) is 2.66. The molecule has 0 N–H and O–H groups in total. The first kappa shape index (κ1) is 10.5. The van der Waals surface area contributed by atoms with Crippen LogP contribution in [-0.2, 0) is 11.8 Å². The Balaban J connectivity index is 2.49. The van der Waals surface area contributed by atoms with Crippen molar-refractivity contribution in [3.8, 4) is 5.75 Å². The van der Waals surface area contributed by atoms with Gasteiger partial charge < -0.3 is 4.74 Å². The minimum absolute atomic E-state index is 0.124. The Morgan fingerprint density at radius 2 is 2.13 bits per heavy atom. The van der Waals surface area contributed by atoms with Gasteiger partial charge in [0.25, 0.3) is 0 Å². The Morgan fingerprint density at radius 3 is 2.80 bits per heavy atom. The molecule has 0 bridgehead atoms. The van der Waals surface area contributed by atoms with Crippen LogP contribution in [0.5, 0.6) is 5.75 Å². The Labute approximate surface area is 91.7 Å². The molecule has 1 aliphatic heterocycles. The van der Waals surface area contributed by atoms with E-state index in [1.807, 2.05) is 12.3 Å². The van der Waals surface area contributed by atoms with Crippen molar-refractivity contribution in [2.45, 2.75) is 39.5 Å². The maximum atomic E-state index is 5.57. The SMILES string of the molecule is CC(C)C(C)(C)c1nccc2c1CCO2. The molecule has 0 aliphatic carbocycles. The second-order valence-electron chi connectivity index (χ2n) is 5.11. The molecule has 2 nitrogen and oxygen atoms in total. The van der Waals surface area contributed by atoms with Crippen molar-refractivity contribution in [1.82, 2.24) is 4.98 Å². The van der Waals surface area contributed by atoms with E-state index in [0.29, 0.717) is 5.92 Å². The van der Waals surface area contributed by atoms with Crippen LogP contribution in [0.1, 0.15) is 39.0 Å². The summed E-state index contributed by atoms with van der Waals surface area (Å²) >= 11 is 0. The standard InChI is InChI=1S/C13H19NO/c1-9(2)13(3,4)12-10-6-8-15-11(10)5-7-14-12/h5,7,9H,6,8H2,1-4H3. The molecule has 15 heavy (non-hydrogen) atoms. The van der Waals surface area contributed by atoms with Crippen LogP contribution in [0.2, 0.25) is 0 Å². The fourth-order valence-electron chi connectivity index (χ4n) is 1.94. The smallest absolute Gasteiger partial charge is 0.126 e. The maximum absolute atomic E-state index is 5.57. The van der Waals surface area contributed by atoms with Gasteiger partial charge >= 0.3 is 0 Å². The lowest BCUT2D eigenvalue weighted by atomic mass is 9.76. The minimum atomic E-state index is 0.124. The van der Waals surface area contributed by atoms with Gasteiger partial charge in [0.1, 0.15) is 5.75 Å². The van der Waals surface area contributed by atoms with Gasteiger partial charge in [0.05, 0.1) is 12.3 Å². The van der Waals surface area contributed by atoms with E-state index >= 15 is 0 Å². The zero-order chi connectivity index (χ0) is 11.1. The van der Waals surface area contributed by atoms with E-state index in [1.165, 1.54) is 11.3 Å². The number of nitrogens with zero attached hydrogens (tertiary/aromatic N) is 1. The predicted octanol–water partition coefficient (Wildman–Crippen LogP) is 2.95. The van der Waals surface area contributed by atoms with E-state index in [1.54, 1.807) is 0 Å². The molecular formula is C13H19NO. The molecule has 0 amide bonds. The van der Waals surface area contributed by atoms with E-state index < -0.39 is 0 Å². The summed E-state index contributed by atoms with van der Waals surface area (Å²) < 4.78 is 5.57. The van der Waals surface area contributed by atoms with Crippen LogP contribution >= 0.6 is 0 Å². The summed E-state index contributed by atoms with van der Waals surface area (Å²) in [6.45, 7) is 9.83. The first-order valence-corrected chi connectivity index (χ1v) is 5.64. The molecule has 1 aromatic rings. The zero-order valence-electron chi connectivity index (χ0n) is 10.0. The third kappa shape index (κ3) is 1.62. The molecule has 0 saturated heterocycles. The number of ether oxygens (including phenoxy) is 1. The molecule has 0 radical (unpaired) electrons. The van der Waals surface area contributed by atoms with E-state index in [2.05, 4.69) is 32.7 Å². The van der Waals surface area contributed by atoms with Crippen LogP contribution in [-0.4, -0.2) is 11.6 Å². The molecule has 0 fully saturated rings. The van der Waals surface area contributed by atoms with E-state index in [4.69, 9.17) is 4.74 Å². The average molecular weight is 205 g/mol. The Hall–Kier alpha value is -1.05. The molecule has 1 aliphatic rings. The largest absolute Gasteiger partial charge is 0.493 e. The normalized spacial score (nSPS) is 15.3. The van der Waals surface area contributed by atoms with Crippen molar-refractivity contribution in [3.63, 3.8) is 0 Å². The molecule has 0 saturated carbocycles. The summed E-state index contributed by atoms with van der Waals surface area (Å²) in [5.74, 6) is 1.62. The fourth-order valence-corrected chi connectivity index (χ4v) is 1.94. The van der Waals surface area contributed by atoms with Gasteiger partial charge in [0, 0.05) is 23.6 Å². The Morgan fingerprint density at radius 1 is 1.40 bits per heavy atom. The number of rotatable bonds is 2. The molecule has 0 spiro atoms. The van der Waals surface area contributed by atoms with Gasteiger partial charge in [-0.05, 0) is 12.0 Å². The highest BCUT2D eigenvalue weighted by Crippen LogP contribution is 2.37. The van der Waals surface area contributed by atoms with Crippen LogP contribution in [0.15, 0.2) is 12.3 Å². The summed E-state index contributed by atoms with van der Waals surface area (Å²) in [4.78, 5) is 4.56. The molecule has 0 atom stereocenters. The first-order chi connectivity index (χ1) is 7.03. The monoisotopic (exact) mass is 205 g/mol. The number of pyridine rings is 1. The summed E-state index contributed by atoms with van der Waals surface area (Å²) in [5, 5.41) is 0. The van der Waals surface area contributed by atoms with Gasteiger partial charge in [-0.2, -0.15) is 0 Å². The number of hydrogen-bond donors (Lipinski definition) is 0. The van der Waals surface area contributed by atoms with E-state index in [0.717, 1.165) is 18.8 Å². The molecule has 0 aromatic carbocycles. The molecule has 82 valence electrons. The van der Waals surface area contributed by atoms with Gasteiger partial charge in [-0.25, -0.2) is 0 Å². The van der Waals surface area contributed by atoms with Crippen LogP contribution < -0.4 is 4.74 Å². The van der Waals surface area contributed by atoms with Crippen molar-refractivity contribution >= 4 is 0 Å². The summed E-state index contributed by atoms with van der Waals surface area (Å²) in [7, 11) is 0. The molecule has 2 heterocycles. The minimum Gasteiger partial charge on any atom is -0.493 e. The average Bonchev–Trinajstić information content (AvgIpc) is 2.64. The maximum Gasteiger partial charge on any atom is 0.126 e. The van der Waals surface area contributed by atoms with Crippen molar-refractivity contribution in [1.29, 1.82) is 0 Å². The molecule has 2 heteroatoms. The molecule has 0 unspecified atom stereocenters. The second kappa shape index (κ2) is 3.51. The fraction of sp³-hybridized carbons (Fsp3) is 0.615. The third-order valence-corrected chi connectivity index (χ3v) is 3.68. The number of fused-ring (bicyclic) bond motifs is 1. The van der Waals surface area contributed by atoms with Gasteiger partial charge in [-0.15, -0.1) is 0 Å². The highest BCUT2D eigenvalue weighted by atomic mass is 16.5. The predicted molar refractivity (Wildman–Crippen MR) is 61.3 cm³/mol. The quantitative estimate of drug-likeness (QED) is 0.740. The third-order valence-electron chi connectivity index (χ3n) is 3.68. The summed E-state index contributed by atoms with van der Waals surface area (Å²) in [6, 6.07) is 1.97. The highest BCUT2D eigenvalue weighted by molar-refractivity contribution is 5.41. The highest BCUT2D eigenvalue weighted by Gasteiger charge is 2.31. The zero-order valence-corrected chi connectivity index (χ0v) is 10.0. The Kier molecular flexibility index (Phi) is 2.45. The second-order valence-corrected chi connectivity index (χ2v) is 5.11. The van der Waals surface area contributed by atoms with Gasteiger partial charge in [-0.3, -0.25) is 4.98 Å². The van der Waals surface area contributed by atoms with Crippen molar-refractivity contribution in [2.24, 2.45) is 5.92 Å². The molecule has 1 aromatic heterocycles. The van der Waals surface area contributed by atoms with Crippen LogP contribution in [0.25, 0.3) is 0 Å². The molecule has 2 rings (SSSR count). The summed E-state index contributed by atoms with van der Waals surface area (Å²) in [6.07, 6.45) is 2.87. The lowest BCUT2D eigenvalue weighted by Gasteiger charge is -2.30. The number of aromatic nitrogens is 1. The topological polar surface area (TPSA) is 22.1 Å². The van der Waals surface area contributed by atoms with E-state index in [-0.39, 0.29) is 5.41 Å². The van der Waals surface area contributed by atoms with Gasteiger partial charge in [0.2, 0.25) is 0 Å². The molecular weight excluding hydrogens is 186 g/mol. The van der Waals surface area contributed by atoms with Crippen molar-refractivity contribution < 1.29 is 4.74 Å². The lowest BCUT2D eigenvalue weighted by Crippen LogP contribution is -2.27. The van der Waals surface area contributed by atoms with Gasteiger partial charge in [0.15, 0.2) is 0 Å². The van der Waals surface area contributed by atoms with Crippen molar-refractivity contribution in [3.05, 3.63) is 23.5 Å².